The van der Waals surface area contributed by atoms with E-state index >= 15 is 0 Å². The molecule has 0 aliphatic carbocycles. The van der Waals surface area contributed by atoms with E-state index in [0.717, 1.165) is 59.2 Å². The topological polar surface area (TPSA) is 70.7 Å². The smallest absolute Gasteiger partial charge is 0.205 e. The first-order valence-electron chi connectivity index (χ1n) is 20.4. The molecule has 2 aromatic heterocycles. The molecule has 0 aliphatic rings. The van der Waals surface area contributed by atoms with Crippen LogP contribution in [0, 0.1) is 5.92 Å². The van der Waals surface area contributed by atoms with Crippen LogP contribution in [-0.4, -0.2) is 30.0 Å². The number of tetrazole rings is 1. The van der Waals surface area contributed by atoms with Crippen molar-refractivity contribution in [2.45, 2.75) is 65.3 Å². The summed E-state index contributed by atoms with van der Waals surface area (Å²) in [5, 5.41) is 20.0. The van der Waals surface area contributed by atoms with Crippen molar-refractivity contribution in [1.29, 1.82) is 0 Å². The minimum absolute atomic E-state index is 0.469. The van der Waals surface area contributed by atoms with Crippen LogP contribution in [0.1, 0.15) is 72.0 Å². The minimum atomic E-state index is -0.851. The van der Waals surface area contributed by atoms with Crippen LogP contribution in [0.4, 0.5) is 0 Å². The lowest BCUT2D eigenvalue weighted by Gasteiger charge is -2.34. The number of hydrogen-bond acceptors (Lipinski definition) is 5. The monoisotopic (exact) mass is 762 g/mol. The first kappa shape index (κ1) is 38.4. The summed E-state index contributed by atoms with van der Waals surface area (Å²) in [5.74, 6) is 1.03. The molecular weight excluding hydrogens is 713 g/mol. The fourth-order valence-electron chi connectivity index (χ4n) is 8.01. The van der Waals surface area contributed by atoms with Gasteiger partial charge in [-0.25, -0.2) is 0 Å². The molecule has 0 bridgehead atoms. The summed E-state index contributed by atoms with van der Waals surface area (Å²) in [4.78, 5) is 1.79. The molecular formula is C51H50N6O. The van der Waals surface area contributed by atoms with Crippen molar-refractivity contribution in [2.75, 3.05) is 0 Å². The highest BCUT2D eigenvalue weighted by molar-refractivity contribution is 5.80. The highest BCUT2D eigenvalue weighted by atomic mass is 16.5. The van der Waals surface area contributed by atoms with E-state index < -0.39 is 5.54 Å². The van der Waals surface area contributed by atoms with E-state index in [0.29, 0.717) is 25.0 Å². The van der Waals surface area contributed by atoms with Crippen molar-refractivity contribution in [3.8, 4) is 22.5 Å². The van der Waals surface area contributed by atoms with Gasteiger partial charge in [-0.1, -0.05) is 197 Å². The third kappa shape index (κ3) is 8.04. The first-order valence-corrected chi connectivity index (χ1v) is 20.4. The van der Waals surface area contributed by atoms with Crippen LogP contribution in [0.3, 0.4) is 0 Å². The van der Waals surface area contributed by atoms with E-state index in [1.54, 1.807) is 4.80 Å². The highest BCUT2D eigenvalue weighted by Crippen LogP contribution is 2.40. The summed E-state index contributed by atoms with van der Waals surface area (Å²) >= 11 is 0. The summed E-state index contributed by atoms with van der Waals surface area (Å²) in [6, 6.07) is 59.0. The number of aryl methyl sites for hydroxylation is 1. The molecule has 58 heavy (non-hydrogen) atoms. The van der Waals surface area contributed by atoms with Gasteiger partial charge in [0, 0.05) is 24.1 Å². The Kier molecular flexibility index (Phi) is 11.8. The molecule has 290 valence electrons. The fourth-order valence-corrected chi connectivity index (χ4v) is 8.01. The summed E-state index contributed by atoms with van der Waals surface area (Å²) in [7, 11) is 0. The van der Waals surface area contributed by atoms with E-state index in [1.165, 1.54) is 28.1 Å². The van der Waals surface area contributed by atoms with Crippen molar-refractivity contribution < 1.29 is 4.74 Å². The van der Waals surface area contributed by atoms with Gasteiger partial charge >= 0.3 is 0 Å². The van der Waals surface area contributed by atoms with Crippen molar-refractivity contribution in [3.63, 3.8) is 0 Å². The lowest BCUT2D eigenvalue weighted by Crippen LogP contribution is -2.39. The van der Waals surface area contributed by atoms with E-state index in [1.807, 2.05) is 30.3 Å². The van der Waals surface area contributed by atoms with Gasteiger partial charge in [-0.05, 0) is 56.5 Å². The van der Waals surface area contributed by atoms with Gasteiger partial charge < -0.3 is 4.74 Å². The molecule has 2 heterocycles. The van der Waals surface area contributed by atoms with Gasteiger partial charge in [0.1, 0.15) is 0 Å². The molecule has 0 saturated heterocycles. The standard InChI is InChI=1S/C51H50N6O/c1-4-19-48-47(49(56(53-48)35-38(2)3)37-58-36-40-20-9-5-10-21-40)34-39-30-32-41(33-31-39)45-28-17-18-29-46(45)50-52-55-57(54-50)51(42-22-11-6-12-23-42,43-24-13-7-14-25-43)44-26-15-8-16-27-44/h5-18,20-33,38H,4,19,34-37H2,1-3H3. The second-order valence-corrected chi connectivity index (χ2v) is 15.3. The Labute approximate surface area is 342 Å². The average Bonchev–Trinajstić information content (AvgIpc) is 3.88. The third-order valence-electron chi connectivity index (χ3n) is 10.7. The number of ether oxygens (including phenoxy) is 1. The van der Waals surface area contributed by atoms with E-state index in [-0.39, 0.29) is 0 Å². The quantitative estimate of drug-likeness (QED) is 0.0917. The Hall–Kier alpha value is -6.44. The molecule has 0 amide bonds. The first-order chi connectivity index (χ1) is 28.5. The predicted octanol–water partition coefficient (Wildman–Crippen LogP) is 11.0. The summed E-state index contributed by atoms with van der Waals surface area (Å²) in [5.41, 5.74) is 11.4. The maximum atomic E-state index is 6.35. The van der Waals surface area contributed by atoms with Crippen molar-refractivity contribution in [2.24, 2.45) is 5.92 Å². The number of nitrogens with zero attached hydrogens (tertiary/aromatic N) is 6. The van der Waals surface area contributed by atoms with Crippen LogP contribution in [0.5, 0.6) is 0 Å². The fraction of sp³-hybridized carbons (Fsp3) is 0.216. The molecule has 8 rings (SSSR count). The molecule has 0 atom stereocenters. The summed E-state index contributed by atoms with van der Waals surface area (Å²) < 4.78 is 8.55. The summed E-state index contributed by atoms with van der Waals surface area (Å²) in [6.45, 7) is 8.66. The van der Waals surface area contributed by atoms with Crippen molar-refractivity contribution >= 4 is 0 Å². The lowest BCUT2D eigenvalue weighted by molar-refractivity contribution is 0.100. The minimum Gasteiger partial charge on any atom is -0.370 e. The highest BCUT2D eigenvalue weighted by Gasteiger charge is 2.41. The Morgan fingerprint density at radius 1 is 0.586 bits per heavy atom. The molecule has 6 aromatic carbocycles. The maximum Gasteiger partial charge on any atom is 0.205 e. The van der Waals surface area contributed by atoms with Gasteiger partial charge in [-0.2, -0.15) is 5.10 Å². The maximum absolute atomic E-state index is 6.35. The number of aromatic nitrogens is 6. The SMILES string of the molecule is CCCc1nn(CC(C)C)c(COCc2ccccc2)c1Cc1ccc(-c2ccccc2-c2nnn(C(c3ccccc3)(c3ccccc3)c3ccccc3)n2)cc1. The van der Waals surface area contributed by atoms with Gasteiger partial charge in [-0.3, -0.25) is 4.68 Å². The Bertz CT molecular complexity index is 2410. The van der Waals surface area contributed by atoms with E-state index in [4.69, 9.17) is 25.2 Å². The second-order valence-electron chi connectivity index (χ2n) is 15.3. The van der Waals surface area contributed by atoms with Gasteiger partial charge in [0.05, 0.1) is 24.6 Å². The van der Waals surface area contributed by atoms with Crippen LogP contribution in [-0.2, 0) is 42.9 Å². The third-order valence-corrected chi connectivity index (χ3v) is 10.7. The van der Waals surface area contributed by atoms with Gasteiger partial charge in [0.25, 0.3) is 0 Å². The molecule has 0 unspecified atom stereocenters. The molecule has 0 fully saturated rings. The molecule has 0 radical (unpaired) electrons. The molecule has 7 nitrogen and oxygen atoms in total. The largest absolute Gasteiger partial charge is 0.370 e. The van der Waals surface area contributed by atoms with E-state index in [9.17, 15) is 0 Å². The normalized spacial score (nSPS) is 11.7. The zero-order valence-corrected chi connectivity index (χ0v) is 33.6. The number of rotatable bonds is 16. The van der Waals surface area contributed by atoms with Crippen LogP contribution in [0.15, 0.2) is 170 Å². The molecule has 0 spiro atoms. The average molecular weight is 763 g/mol. The molecule has 0 N–H and O–H groups in total. The van der Waals surface area contributed by atoms with Crippen LogP contribution >= 0.6 is 0 Å². The molecule has 7 heteroatoms. The Morgan fingerprint density at radius 3 is 1.71 bits per heavy atom. The zero-order chi connectivity index (χ0) is 39.7. The molecule has 0 aliphatic heterocycles. The predicted molar refractivity (Wildman–Crippen MR) is 232 cm³/mol. The number of benzene rings is 6. The van der Waals surface area contributed by atoms with Gasteiger partial charge in [-0.15, -0.1) is 15.0 Å². The van der Waals surface area contributed by atoms with Gasteiger partial charge in [0.2, 0.25) is 5.82 Å². The summed E-state index contributed by atoms with van der Waals surface area (Å²) in [6.07, 6.45) is 2.76. The van der Waals surface area contributed by atoms with Crippen LogP contribution < -0.4 is 0 Å². The molecule has 0 saturated carbocycles. The number of hydrogen-bond donors (Lipinski definition) is 0. The van der Waals surface area contributed by atoms with Crippen molar-refractivity contribution in [1.82, 2.24) is 30.0 Å². The second kappa shape index (κ2) is 17.8. The Morgan fingerprint density at radius 2 is 1.14 bits per heavy atom. The van der Waals surface area contributed by atoms with Crippen LogP contribution in [0.2, 0.25) is 0 Å². The molecule has 8 aromatic rings. The zero-order valence-electron chi connectivity index (χ0n) is 33.6. The van der Waals surface area contributed by atoms with E-state index in [2.05, 4.69) is 165 Å². The lowest BCUT2D eigenvalue weighted by atomic mass is 9.77. The Balaban J connectivity index is 1.12. The van der Waals surface area contributed by atoms with Crippen molar-refractivity contribution in [3.05, 3.63) is 215 Å². The van der Waals surface area contributed by atoms with Crippen LogP contribution in [0.25, 0.3) is 22.5 Å². The van der Waals surface area contributed by atoms with Gasteiger partial charge in [0.15, 0.2) is 5.54 Å².